The van der Waals surface area contributed by atoms with Gasteiger partial charge in [-0.05, 0) is 67.3 Å². The Kier molecular flexibility index (Phi) is 13.6. The van der Waals surface area contributed by atoms with Crippen molar-refractivity contribution in [2.24, 2.45) is 0 Å². The van der Waals surface area contributed by atoms with Crippen LogP contribution in [0.25, 0.3) is 22.3 Å². The minimum atomic E-state index is -2.00. The van der Waals surface area contributed by atoms with E-state index in [4.69, 9.17) is 4.74 Å². The highest BCUT2D eigenvalue weighted by molar-refractivity contribution is 6.12. The molecule has 0 aliphatic heterocycles. The van der Waals surface area contributed by atoms with Crippen molar-refractivity contribution in [3.05, 3.63) is 120 Å². The van der Waals surface area contributed by atoms with Gasteiger partial charge in [0, 0.05) is 39.3 Å². The molecule has 0 saturated heterocycles. The van der Waals surface area contributed by atoms with Crippen LogP contribution in [0.2, 0.25) is 0 Å². The number of amides is 4. The molecule has 4 rings (SSSR count). The zero-order valence-corrected chi connectivity index (χ0v) is 30.3. The Morgan fingerprint density at radius 1 is 0.577 bits per heavy atom. The summed E-state index contributed by atoms with van der Waals surface area (Å²) in [7, 11) is 5.46. The Labute approximate surface area is 303 Å². The van der Waals surface area contributed by atoms with E-state index in [9.17, 15) is 33.9 Å². The molecule has 2 unspecified atom stereocenters. The van der Waals surface area contributed by atoms with Crippen molar-refractivity contribution in [1.82, 2.24) is 20.4 Å². The number of hydrogen-bond acceptors (Lipinski definition) is 7. The number of ether oxygens (including phenoxy) is 1. The standard InChI is InChI=1S/C21H24N2O4.C19H20N2O4/c1-5-27-20(26)21(2,19(25)22-3)23(4)18(24)17-13-11-16(12-14-17)15-9-7-6-8-10-15;1-19(18(24)25,17(23)20-2)21(3)16(22)15-11-9-14(10-12-15)13-7-5-4-6-8-13/h6-14H,5H2,1-4H3,(H,22,25);4-12H,1-3H3,(H,20,23)(H,24,25). The number of nitrogens with zero attached hydrogens (tertiary/aromatic N) is 2. The third kappa shape index (κ3) is 8.52. The zero-order chi connectivity index (χ0) is 38.6. The molecule has 0 fully saturated rings. The van der Waals surface area contributed by atoms with Crippen LogP contribution in [0.4, 0.5) is 0 Å². The minimum absolute atomic E-state index is 0.110. The molecular weight excluding hydrogens is 664 g/mol. The van der Waals surface area contributed by atoms with Crippen LogP contribution in [-0.4, -0.2) is 96.3 Å². The normalized spacial score (nSPS) is 12.7. The number of aliphatic carboxylic acids is 1. The summed E-state index contributed by atoms with van der Waals surface area (Å²) in [5, 5.41) is 14.2. The lowest BCUT2D eigenvalue weighted by Gasteiger charge is -2.34. The molecule has 0 saturated carbocycles. The highest BCUT2D eigenvalue weighted by atomic mass is 16.5. The van der Waals surface area contributed by atoms with Gasteiger partial charge >= 0.3 is 11.9 Å². The first kappa shape index (κ1) is 40.1. The fraction of sp³-hybridized carbons (Fsp3) is 0.250. The number of carboxylic acids is 1. The van der Waals surface area contributed by atoms with E-state index >= 15 is 0 Å². The summed E-state index contributed by atoms with van der Waals surface area (Å²) in [6, 6.07) is 33.3. The maximum absolute atomic E-state index is 12.9. The SMILES string of the molecule is CCOC(=O)C(C)(C(=O)NC)N(C)C(=O)c1ccc(-c2ccccc2)cc1.CNC(=O)C(C)(C(=O)O)N(C)C(=O)c1ccc(-c2ccccc2)cc1. The van der Waals surface area contributed by atoms with Crippen LogP contribution in [-0.2, 0) is 23.9 Å². The van der Waals surface area contributed by atoms with Crippen LogP contribution in [0.1, 0.15) is 41.5 Å². The zero-order valence-electron chi connectivity index (χ0n) is 30.3. The van der Waals surface area contributed by atoms with E-state index in [2.05, 4.69) is 10.6 Å². The molecule has 0 spiro atoms. The van der Waals surface area contributed by atoms with Crippen LogP contribution in [0, 0.1) is 0 Å². The first-order chi connectivity index (χ1) is 24.7. The van der Waals surface area contributed by atoms with Gasteiger partial charge in [-0.25, -0.2) is 9.59 Å². The average Bonchev–Trinajstić information content (AvgIpc) is 3.19. The monoisotopic (exact) mass is 708 g/mol. The molecule has 3 N–H and O–H groups in total. The average molecular weight is 709 g/mol. The lowest BCUT2D eigenvalue weighted by atomic mass is 9.97. The predicted octanol–water partition coefficient (Wildman–Crippen LogP) is 4.51. The maximum atomic E-state index is 12.9. The molecule has 52 heavy (non-hydrogen) atoms. The lowest BCUT2D eigenvalue weighted by molar-refractivity contribution is -0.160. The van der Waals surface area contributed by atoms with Crippen molar-refractivity contribution < 1.29 is 38.6 Å². The third-order valence-corrected chi connectivity index (χ3v) is 8.86. The van der Waals surface area contributed by atoms with Gasteiger partial charge in [-0.2, -0.15) is 0 Å². The number of esters is 1. The minimum Gasteiger partial charge on any atom is -0.479 e. The van der Waals surface area contributed by atoms with E-state index < -0.39 is 46.6 Å². The van der Waals surface area contributed by atoms with Crippen molar-refractivity contribution in [2.75, 3.05) is 34.8 Å². The molecule has 0 radical (unpaired) electrons. The largest absolute Gasteiger partial charge is 0.479 e. The van der Waals surface area contributed by atoms with Gasteiger partial charge in [0.15, 0.2) is 0 Å². The van der Waals surface area contributed by atoms with Crippen LogP contribution in [0.3, 0.4) is 0 Å². The van der Waals surface area contributed by atoms with E-state index in [1.54, 1.807) is 43.3 Å². The molecule has 12 heteroatoms. The quantitative estimate of drug-likeness (QED) is 0.152. The van der Waals surface area contributed by atoms with Crippen molar-refractivity contribution in [3.8, 4) is 22.3 Å². The number of carboxylic acid groups (broad SMARTS) is 1. The topological polar surface area (TPSA) is 162 Å². The molecule has 12 nitrogen and oxygen atoms in total. The number of benzene rings is 4. The molecule has 4 aromatic carbocycles. The van der Waals surface area contributed by atoms with Crippen molar-refractivity contribution in [2.45, 2.75) is 31.8 Å². The van der Waals surface area contributed by atoms with E-state index in [1.807, 2.05) is 72.8 Å². The van der Waals surface area contributed by atoms with Gasteiger partial charge in [0.1, 0.15) is 0 Å². The molecule has 2 atom stereocenters. The number of nitrogens with one attached hydrogen (secondary N) is 2. The van der Waals surface area contributed by atoms with Crippen LogP contribution in [0.15, 0.2) is 109 Å². The summed E-state index contributed by atoms with van der Waals surface area (Å²) < 4.78 is 5.02. The molecule has 0 bridgehead atoms. The Bertz CT molecular complexity index is 1880. The van der Waals surface area contributed by atoms with Crippen molar-refractivity contribution >= 4 is 35.6 Å². The van der Waals surface area contributed by atoms with E-state index in [1.165, 1.54) is 42.0 Å². The van der Waals surface area contributed by atoms with E-state index in [0.29, 0.717) is 11.1 Å². The third-order valence-electron chi connectivity index (χ3n) is 8.86. The van der Waals surface area contributed by atoms with Crippen LogP contribution < -0.4 is 10.6 Å². The summed E-state index contributed by atoms with van der Waals surface area (Å²) in [5.41, 5.74) is 0.864. The molecule has 0 aromatic heterocycles. The molecule has 0 aliphatic carbocycles. The van der Waals surface area contributed by atoms with Gasteiger partial charge < -0.3 is 30.3 Å². The van der Waals surface area contributed by atoms with Crippen LogP contribution in [0.5, 0.6) is 0 Å². The second kappa shape index (κ2) is 17.6. The Morgan fingerprint density at radius 2 is 0.904 bits per heavy atom. The second-order valence-electron chi connectivity index (χ2n) is 11.9. The van der Waals surface area contributed by atoms with Gasteiger partial charge in [-0.3, -0.25) is 19.2 Å². The van der Waals surface area contributed by atoms with Gasteiger partial charge in [-0.15, -0.1) is 0 Å². The summed E-state index contributed by atoms with van der Waals surface area (Å²) in [4.78, 5) is 76.0. The van der Waals surface area contributed by atoms with Gasteiger partial charge in [0.2, 0.25) is 11.1 Å². The highest BCUT2D eigenvalue weighted by Crippen LogP contribution is 2.24. The molecule has 0 aliphatic rings. The number of hydrogen-bond donors (Lipinski definition) is 3. The van der Waals surface area contributed by atoms with Gasteiger partial charge in [-0.1, -0.05) is 84.9 Å². The summed E-state index contributed by atoms with van der Waals surface area (Å²) in [5.74, 6) is -4.55. The van der Waals surface area contributed by atoms with E-state index in [-0.39, 0.29) is 6.61 Å². The van der Waals surface area contributed by atoms with Gasteiger partial charge in [0.05, 0.1) is 6.61 Å². The van der Waals surface area contributed by atoms with Crippen molar-refractivity contribution in [3.63, 3.8) is 0 Å². The number of carbonyl (C=O) groups is 6. The molecule has 4 amide bonds. The fourth-order valence-electron chi connectivity index (χ4n) is 5.20. The first-order valence-electron chi connectivity index (χ1n) is 16.4. The summed E-state index contributed by atoms with van der Waals surface area (Å²) >= 11 is 0. The predicted molar refractivity (Wildman–Crippen MR) is 197 cm³/mol. The molecule has 0 heterocycles. The Hall–Kier alpha value is -6.30. The second-order valence-corrected chi connectivity index (χ2v) is 11.9. The Balaban J connectivity index is 0.000000281. The molecule has 4 aromatic rings. The maximum Gasteiger partial charge on any atom is 0.341 e. The Morgan fingerprint density at radius 3 is 1.23 bits per heavy atom. The molecule has 272 valence electrons. The van der Waals surface area contributed by atoms with E-state index in [0.717, 1.165) is 32.1 Å². The highest BCUT2D eigenvalue weighted by Gasteiger charge is 2.49. The first-order valence-corrected chi connectivity index (χ1v) is 16.4. The fourth-order valence-corrected chi connectivity index (χ4v) is 5.20. The summed E-state index contributed by atoms with van der Waals surface area (Å²) in [6.45, 7) is 4.33. The number of carbonyl (C=O) groups excluding carboxylic acids is 5. The number of likely N-dealkylation sites (N-methyl/N-ethyl adjacent to an activating group) is 4. The van der Waals surface area contributed by atoms with Gasteiger partial charge in [0.25, 0.3) is 23.6 Å². The lowest BCUT2D eigenvalue weighted by Crippen LogP contribution is -2.62. The smallest absolute Gasteiger partial charge is 0.341 e. The number of rotatable bonds is 11. The van der Waals surface area contributed by atoms with Crippen molar-refractivity contribution in [1.29, 1.82) is 0 Å². The summed E-state index contributed by atoms with van der Waals surface area (Å²) in [6.07, 6.45) is 0. The molecular formula is C40H44N4O8. The van der Waals surface area contributed by atoms with Crippen LogP contribution >= 0.6 is 0 Å².